The van der Waals surface area contributed by atoms with Gasteiger partial charge in [-0.3, -0.25) is 4.79 Å². The van der Waals surface area contributed by atoms with Gasteiger partial charge in [0.25, 0.3) is 0 Å². The second kappa shape index (κ2) is 5.38. The molecule has 1 heterocycles. The van der Waals surface area contributed by atoms with Gasteiger partial charge in [0.15, 0.2) is 0 Å². The maximum Gasteiger partial charge on any atom is 0.241 e. The molecular weight excluding hydrogens is 240 g/mol. The van der Waals surface area contributed by atoms with Gasteiger partial charge < -0.3 is 15.4 Å². The molecule has 1 unspecified atom stereocenters. The molecule has 2 rings (SSSR count). The summed E-state index contributed by atoms with van der Waals surface area (Å²) in [5.74, 6) is 0.631. The van der Waals surface area contributed by atoms with E-state index < -0.39 is 6.04 Å². The topological polar surface area (TPSA) is 50.4 Å². The van der Waals surface area contributed by atoms with Crippen molar-refractivity contribution in [3.63, 3.8) is 0 Å². The van der Waals surface area contributed by atoms with Crippen molar-refractivity contribution in [1.82, 2.24) is 10.6 Å². The number of ether oxygens (including phenoxy) is 1. The molecule has 0 saturated carbocycles. The van der Waals surface area contributed by atoms with Gasteiger partial charge in [0.05, 0.1) is 7.11 Å². The van der Waals surface area contributed by atoms with E-state index in [0.717, 1.165) is 18.5 Å². The number of benzene rings is 1. The van der Waals surface area contributed by atoms with E-state index in [-0.39, 0.29) is 5.91 Å². The average molecular weight is 255 g/mol. The first kappa shape index (κ1) is 12.2. The summed E-state index contributed by atoms with van der Waals surface area (Å²) < 4.78 is 5.26. The molecule has 0 aromatic heterocycles. The molecule has 0 aliphatic carbocycles. The van der Waals surface area contributed by atoms with Crippen LogP contribution < -0.4 is 15.4 Å². The molecule has 0 radical (unpaired) electrons. The van der Waals surface area contributed by atoms with Crippen molar-refractivity contribution in [1.29, 1.82) is 0 Å². The van der Waals surface area contributed by atoms with E-state index >= 15 is 0 Å². The van der Waals surface area contributed by atoms with E-state index in [9.17, 15) is 4.79 Å². The first-order chi connectivity index (χ1) is 8.22. The molecule has 1 saturated heterocycles. The Morgan fingerprint density at radius 1 is 1.41 bits per heavy atom. The molecule has 2 N–H and O–H groups in total. The molecule has 0 bridgehead atoms. The van der Waals surface area contributed by atoms with E-state index in [0.29, 0.717) is 17.3 Å². The number of carbonyl (C=O) groups excluding carboxylic acids is 1. The minimum atomic E-state index is -0.397. The lowest BCUT2D eigenvalue weighted by Crippen LogP contribution is -2.34. The Hall–Kier alpha value is -1.26. The predicted molar refractivity (Wildman–Crippen MR) is 66.4 cm³/mol. The Kier molecular flexibility index (Phi) is 3.86. The summed E-state index contributed by atoms with van der Waals surface area (Å²) in [6.45, 7) is 1.49. The lowest BCUT2D eigenvalue weighted by Gasteiger charge is -2.18. The Morgan fingerprint density at radius 3 is 3.00 bits per heavy atom. The summed E-state index contributed by atoms with van der Waals surface area (Å²) in [4.78, 5) is 11.9. The molecule has 17 heavy (non-hydrogen) atoms. The van der Waals surface area contributed by atoms with E-state index in [1.807, 2.05) is 0 Å². The van der Waals surface area contributed by atoms with E-state index in [4.69, 9.17) is 16.3 Å². The molecule has 1 aromatic rings. The molecule has 1 aliphatic heterocycles. The van der Waals surface area contributed by atoms with E-state index in [1.165, 1.54) is 0 Å². The van der Waals surface area contributed by atoms with Gasteiger partial charge in [-0.15, -0.1) is 0 Å². The highest BCUT2D eigenvalue weighted by molar-refractivity contribution is 6.30. The second-order valence-corrected chi connectivity index (χ2v) is 4.35. The van der Waals surface area contributed by atoms with Gasteiger partial charge >= 0.3 is 0 Å². The van der Waals surface area contributed by atoms with Crippen LogP contribution in [0.4, 0.5) is 0 Å². The van der Waals surface area contributed by atoms with Crippen LogP contribution >= 0.6 is 11.6 Å². The van der Waals surface area contributed by atoms with Crippen LogP contribution in [0.15, 0.2) is 18.2 Å². The molecule has 1 amide bonds. The smallest absolute Gasteiger partial charge is 0.241 e. The van der Waals surface area contributed by atoms with Gasteiger partial charge in [0.1, 0.15) is 11.8 Å². The first-order valence-electron chi connectivity index (χ1n) is 5.57. The summed E-state index contributed by atoms with van der Waals surface area (Å²) in [5.41, 5.74) is 0.777. The third kappa shape index (κ3) is 2.70. The third-order valence-corrected chi connectivity index (χ3v) is 3.00. The molecule has 92 valence electrons. The zero-order chi connectivity index (χ0) is 12.3. The Balaban J connectivity index is 2.36. The largest absolute Gasteiger partial charge is 0.496 e. The number of halogens is 1. The minimum absolute atomic E-state index is 0.0388. The second-order valence-electron chi connectivity index (χ2n) is 3.92. The molecule has 0 spiro atoms. The fourth-order valence-corrected chi connectivity index (χ4v) is 2.10. The number of carbonyl (C=O) groups is 1. The molecule has 1 aliphatic rings. The first-order valence-corrected chi connectivity index (χ1v) is 5.94. The summed E-state index contributed by atoms with van der Waals surface area (Å²) in [5, 5.41) is 6.66. The fraction of sp³-hybridized carbons (Fsp3) is 0.417. The van der Waals surface area contributed by atoms with Crippen LogP contribution in [0.3, 0.4) is 0 Å². The van der Waals surface area contributed by atoms with Crippen LogP contribution in [0.5, 0.6) is 5.75 Å². The van der Waals surface area contributed by atoms with Gasteiger partial charge in [-0.2, -0.15) is 0 Å². The van der Waals surface area contributed by atoms with Crippen molar-refractivity contribution < 1.29 is 9.53 Å². The van der Waals surface area contributed by atoms with Crippen molar-refractivity contribution in [2.45, 2.75) is 12.5 Å². The third-order valence-electron chi connectivity index (χ3n) is 2.77. The summed E-state index contributed by atoms with van der Waals surface area (Å²) in [6.07, 6.45) is 0.922. The zero-order valence-electron chi connectivity index (χ0n) is 9.63. The van der Waals surface area contributed by atoms with Gasteiger partial charge in [-0.1, -0.05) is 11.6 Å². The van der Waals surface area contributed by atoms with Crippen LogP contribution in [0.2, 0.25) is 5.02 Å². The number of methoxy groups -OCH3 is 1. The Bertz CT molecular complexity index is 423. The van der Waals surface area contributed by atoms with Gasteiger partial charge in [-0.25, -0.2) is 0 Å². The highest BCUT2D eigenvalue weighted by Gasteiger charge is 2.25. The van der Waals surface area contributed by atoms with Crippen LogP contribution in [0.25, 0.3) is 0 Å². The van der Waals surface area contributed by atoms with Gasteiger partial charge in [-0.05, 0) is 31.2 Å². The van der Waals surface area contributed by atoms with Crippen LogP contribution in [-0.4, -0.2) is 26.1 Å². The average Bonchev–Trinajstić information content (AvgIpc) is 2.54. The van der Waals surface area contributed by atoms with Gasteiger partial charge in [0, 0.05) is 17.1 Å². The number of amides is 1. The SMILES string of the molecule is COc1ccc(Cl)cc1C1NCCCNC1=O. The fourth-order valence-electron chi connectivity index (χ4n) is 1.92. The van der Waals surface area contributed by atoms with Crippen molar-refractivity contribution in [3.05, 3.63) is 28.8 Å². The number of hydrogen-bond acceptors (Lipinski definition) is 3. The number of rotatable bonds is 2. The Labute approximate surface area is 105 Å². The number of nitrogens with one attached hydrogen (secondary N) is 2. The summed E-state index contributed by atoms with van der Waals surface area (Å²) >= 11 is 5.97. The lowest BCUT2D eigenvalue weighted by molar-refractivity contribution is -0.122. The summed E-state index contributed by atoms with van der Waals surface area (Å²) in [7, 11) is 1.58. The number of hydrogen-bond donors (Lipinski definition) is 2. The normalized spacial score (nSPS) is 20.6. The lowest BCUT2D eigenvalue weighted by atomic mass is 10.1. The van der Waals surface area contributed by atoms with Crippen molar-refractivity contribution in [2.24, 2.45) is 0 Å². The van der Waals surface area contributed by atoms with Crippen molar-refractivity contribution in [2.75, 3.05) is 20.2 Å². The maximum atomic E-state index is 11.9. The molecule has 1 fully saturated rings. The molecule has 1 aromatic carbocycles. The zero-order valence-corrected chi connectivity index (χ0v) is 10.4. The Morgan fingerprint density at radius 2 is 2.24 bits per heavy atom. The van der Waals surface area contributed by atoms with E-state index in [1.54, 1.807) is 25.3 Å². The van der Waals surface area contributed by atoms with Crippen LogP contribution in [0.1, 0.15) is 18.0 Å². The highest BCUT2D eigenvalue weighted by atomic mass is 35.5. The van der Waals surface area contributed by atoms with Crippen molar-refractivity contribution >= 4 is 17.5 Å². The van der Waals surface area contributed by atoms with Crippen LogP contribution in [0, 0.1) is 0 Å². The molecule has 1 atom stereocenters. The standard InChI is InChI=1S/C12H15ClN2O2/c1-17-10-4-3-8(13)7-9(10)11-12(16)15-6-2-5-14-11/h3-4,7,11,14H,2,5-6H2,1H3,(H,15,16). The minimum Gasteiger partial charge on any atom is -0.496 e. The molecule has 5 heteroatoms. The van der Waals surface area contributed by atoms with E-state index in [2.05, 4.69) is 10.6 Å². The molecular formula is C12H15ClN2O2. The van der Waals surface area contributed by atoms with Gasteiger partial charge in [0.2, 0.25) is 5.91 Å². The van der Waals surface area contributed by atoms with Crippen LogP contribution in [-0.2, 0) is 4.79 Å². The quantitative estimate of drug-likeness (QED) is 0.841. The summed E-state index contributed by atoms with van der Waals surface area (Å²) in [6, 6.07) is 4.89. The maximum absolute atomic E-state index is 11.9. The monoisotopic (exact) mass is 254 g/mol. The predicted octanol–water partition coefficient (Wildman–Crippen LogP) is 1.50. The highest BCUT2D eigenvalue weighted by Crippen LogP contribution is 2.28. The molecule has 4 nitrogen and oxygen atoms in total. The van der Waals surface area contributed by atoms with Crippen molar-refractivity contribution in [3.8, 4) is 5.75 Å².